The summed E-state index contributed by atoms with van der Waals surface area (Å²) in [5, 5.41) is 20.2. The number of nitro benzene ring substituents is 1. The molecular formula is C22H20N6O4S. The maximum absolute atomic E-state index is 11.7. The third-order valence-electron chi connectivity index (χ3n) is 4.99. The minimum absolute atomic E-state index is 0.0384. The Morgan fingerprint density at radius 1 is 1.03 bits per heavy atom. The van der Waals surface area contributed by atoms with Crippen LogP contribution in [-0.2, 0) is 12.2 Å². The second-order valence-corrected chi connectivity index (χ2v) is 8.47. The van der Waals surface area contributed by atoms with Crippen LogP contribution in [-0.4, -0.2) is 29.7 Å². The number of rotatable bonds is 7. The molecule has 0 aliphatic carbocycles. The van der Waals surface area contributed by atoms with Gasteiger partial charge in [-0.05, 0) is 36.6 Å². The van der Waals surface area contributed by atoms with Gasteiger partial charge in [-0.15, -0.1) is 10.2 Å². The van der Waals surface area contributed by atoms with E-state index in [1.165, 1.54) is 30.0 Å². The predicted molar refractivity (Wildman–Crippen MR) is 124 cm³/mol. The highest BCUT2D eigenvalue weighted by atomic mass is 32.2. The highest BCUT2D eigenvalue weighted by Gasteiger charge is 2.18. The van der Waals surface area contributed by atoms with Gasteiger partial charge in [0.15, 0.2) is 5.16 Å². The maximum Gasteiger partial charge on any atom is 0.325 e. The molecule has 0 spiro atoms. The Labute approximate surface area is 191 Å². The van der Waals surface area contributed by atoms with Crippen LogP contribution in [0.25, 0.3) is 5.69 Å². The number of benzene rings is 2. The SMILES string of the molecule is Cc1ccc(C)c(-n2c(Cc3cc(=O)[nH]c(=O)[nH]3)nnc2SCc2ccc([N+](=O)[O-])cc2)c1. The van der Waals surface area contributed by atoms with E-state index in [1.54, 1.807) is 12.1 Å². The molecule has 10 nitrogen and oxygen atoms in total. The van der Waals surface area contributed by atoms with Crippen LogP contribution in [0.5, 0.6) is 0 Å². The van der Waals surface area contributed by atoms with Crippen LogP contribution in [0.4, 0.5) is 5.69 Å². The fourth-order valence-corrected chi connectivity index (χ4v) is 4.28. The molecule has 11 heteroatoms. The molecule has 168 valence electrons. The van der Waals surface area contributed by atoms with E-state index in [0.29, 0.717) is 22.4 Å². The van der Waals surface area contributed by atoms with Gasteiger partial charge in [0.25, 0.3) is 11.2 Å². The molecule has 0 saturated heterocycles. The van der Waals surface area contributed by atoms with Crippen molar-refractivity contribution in [3.63, 3.8) is 0 Å². The summed E-state index contributed by atoms with van der Waals surface area (Å²) >= 11 is 1.44. The third kappa shape index (κ3) is 5.09. The molecule has 4 rings (SSSR count). The molecular weight excluding hydrogens is 444 g/mol. The van der Waals surface area contributed by atoms with Crippen molar-refractivity contribution in [2.75, 3.05) is 0 Å². The predicted octanol–water partition coefficient (Wildman–Crippen LogP) is 3.05. The van der Waals surface area contributed by atoms with E-state index in [2.05, 4.69) is 20.2 Å². The van der Waals surface area contributed by atoms with Gasteiger partial charge in [-0.3, -0.25) is 24.5 Å². The highest BCUT2D eigenvalue weighted by molar-refractivity contribution is 7.98. The van der Waals surface area contributed by atoms with E-state index >= 15 is 0 Å². The van der Waals surface area contributed by atoms with Crippen molar-refractivity contribution >= 4 is 17.4 Å². The van der Waals surface area contributed by atoms with E-state index in [1.807, 2.05) is 36.6 Å². The summed E-state index contributed by atoms with van der Waals surface area (Å²) in [6.07, 6.45) is 0.206. The van der Waals surface area contributed by atoms with Gasteiger partial charge >= 0.3 is 5.69 Å². The van der Waals surface area contributed by atoms with E-state index in [4.69, 9.17) is 0 Å². The zero-order valence-electron chi connectivity index (χ0n) is 17.9. The molecule has 0 amide bonds. The van der Waals surface area contributed by atoms with E-state index < -0.39 is 16.2 Å². The average Bonchev–Trinajstić information content (AvgIpc) is 3.15. The van der Waals surface area contributed by atoms with Gasteiger partial charge in [0.1, 0.15) is 5.82 Å². The number of H-pyrrole nitrogens is 2. The van der Waals surface area contributed by atoms with Crippen molar-refractivity contribution in [2.24, 2.45) is 0 Å². The lowest BCUT2D eigenvalue weighted by Gasteiger charge is -2.14. The molecule has 4 aromatic rings. The van der Waals surface area contributed by atoms with Crippen molar-refractivity contribution in [1.29, 1.82) is 0 Å². The zero-order valence-corrected chi connectivity index (χ0v) is 18.7. The van der Waals surface area contributed by atoms with Crippen molar-refractivity contribution in [3.05, 3.63) is 108 Å². The topological polar surface area (TPSA) is 140 Å². The fourth-order valence-electron chi connectivity index (χ4n) is 3.36. The van der Waals surface area contributed by atoms with Crippen LogP contribution in [0, 0.1) is 24.0 Å². The van der Waals surface area contributed by atoms with Crippen LogP contribution >= 0.6 is 11.8 Å². The van der Waals surface area contributed by atoms with Crippen LogP contribution in [0.2, 0.25) is 0 Å². The minimum atomic E-state index is -0.580. The number of thioether (sulfide) groups is 1. The van der Waals surface area contributed by atoms with Gasteiger partial charge in [-0.2, -0.15) is 0 Å². The Balaban J connectivity index is 1.70. The molecule has 0 radical (unpaired) electrons. The first-order valence-electron chi connectivity index (χ1n) is 10.0. The third-order valence-corrected chi connectivity index (χ3v) is 5.99. The van der Waals surface area contributed by atoms with Gasteiger partial charge in [0.05, 0.1) is 10.6 Å². The second-order valence-electron chi connectivity index (χ2n) is 7.53. The van der Waals surface area contributed by atoms with Gasteiger partial charge in [-0.25, -0.2) is 4.79 Å². The number of aromatic amines is 2. The summed E-state index contributed by atoms with van der Waals surface area (Å²) in [5.74, 6) is 1.10. The molecule has 0 saturated carbocycles. The molecule has 0 fully saturated rings. The Kier molecular flexibility index (Phi) is 6.22. The lowest BCUT2D eigenvalue weighted by molar-refractivity contribution is -0.384. The van der Waals surface area contributed by atoms with Crippen molar-refractivity contribution in [3.8, 4) is 5.69 Å². The van der Waals surface area contributed by atoms with Crippen LogP contribution in [0.15, 0.2) is 63.3 Å². The van der Waals surface area contributed by atoms with Crippen molar-refractivity contribution in [1.82, 2.24) is 24.7 Å². The molecule has 0 aliphatic heterocycles. The summed E-state index contributed by atoms with van der Waals surface area (Å²) < 4.78 is 1.91. The number of nitrogens with one attached hydrogen (secondary N) is 2. The summed E-state index contributed by atoms with van der Waals surface area (Å²) in [6, 6.07) is 13.7. The lowest BCUT2D eigenvalue weighted by Crippen LogP contribution is -2.23. The monoisotopic (exact) mass is 464 g/mol. The Morgan fingerprint density at radius 3 is 2.48 bits per heavy atom. The zero-order chi connectivity index (χ0) is 23.5. The first kappa shape index (κ1) is 22.2. The maximum atomic E-state index is 11.7. The second kappa shape index (κ2) is 9.25. The van der Waals surface area contributed by atoms with Crippen LogP contribution in [0.3, 0.4) is 0 Å². The Bertz CT molecular complexity index is 1410. The normalized spacial score (nSPS) is 11.0. The largest absolute Gasteiger partial charge is 0.325 e. The molecule has 0 bridgehead atoms. The molecule has 2 heterocycles. The number of non-ortho nitro benzene ring substituents is 1. The van der Waals surface area contributed by atoms with Gasteiger partial charge in [-0.1, -0.05) is 36.0 Å². The summed E-state index contributed by atoms with van der Waals surface area (Å²) in [7, 11) is 0. The molecule has 2 aromatic heterocycles. The number of hydrogen-bond donors (Lipinski definition) is 2. The molecule has 0 aliphatic rings. The van der Waals surface area contributed by atoms with Gasteiger partial charge < -0.3 is 4.98 Å². The summed E-state index contributed by atoms with van der Waals surface area (Å²) in [4.78, 5) is 38.6. The molecule has 2 N–H and O–H groups in total. The number of aromatic nitrogens is 5. The van der Waals surface area contributed by atoms with E-state index in [-0.39, 0.29) is 12.1 Å². The van der Waals surface area contributed by atoms with Gasteiger partial charge in [0.2, 0.25) is 0 Å². The molecule has 2 aromatic carbocycles. The number of nitro groups is 1. The first-order chi connectivity index (χ1) is 15.8. The molecule has 0 unspecified atom stereocenters. The lowest BCUT2D eigenvalue weighted by atomic mass is 10.1. The summed E-state index contributed by atoms with van der Waals surface area (Å²) in [5.41, 5.74) is 3.27. The van der Waals surface area contributed by atoms with E-state index in [0.717, 1.165) is 22.4 Å². The van der Waals surface area contributed by atoms with Crippen molar-refractivity contribution < 1.29 is 4.92 Å². The minimum Gasteiger partial charge on any atom is -0.311 e. The van der Waals surface area contributed by atoms with Crippen LogP contribution < -0.4 is 11.2 Å². The quantitative estimate of drug-likeness (QED) is 0.243. The van der Waals surface area contributed by atoms with Gasteiger partial charge in [0, 0.05) is 36.1 Å². The Morgan fingerprint density at radius 2 is 1.79 bits per heavy atom. The first-order valence-corrected chi connectivity index (χ1v) is 11.0. The standard InChI is InChI=1S/C22H20N6O4S/c1-13-3-4-14(2)18(9-13)27-19(10-16-11-20(29)24-21(30)23-16)25-26-22(27)33-12-15-5-7-17(8-6-15)28(31)32/h3-9,11H,10,12H2,1-2H3,(H2,23,24,29,30). The molecule has 0 atom stereocenters. The average molecular weight is 465 g/mol. The van der Waals surface area contributed by atoms with E-state index in [9.17, 15) is 19.7 Å². The fraction of sp³-hybridized carbons (Fsp3) is 0.182. The number of hydrogen-bond acceptors (Lipinski definition) is 7. The Hall–Kier alpha value is -3.99. The van der Waals surface area contributed by atoms with Crippen molar-refractivity contribution in [2.45, 2.75) is 31.2 Å². The number of aryl methyl sites for hydroxylation is 2. The van der Waals surface area contributed by atoms with Crippen LogP contribution in [0.1, 0.15) is 28.2 Å². The summed E-state index contributed by atoms with van der Waals surface area (Å²) in [6.45, 7) is 3.98. The highest BCUT2D eigenvalue weighted by Crippen LogP contribution is 2.28. The number of nitrogens with zero attached hydrogens (tertiary/aromatic N) is 4. The smallest absolute Gasteiger partial charge is 0.311 e. The molecule has 33 heavy (non-hydrogen) atoms.